The van der Waals surface area contributed by atoms with E-state index in [-0.39, 0.29) is 12.4 Å². The molecule has 0 saturated carbocycles. The highest BCUT2D eigenvalue weighted by atomic mass is 16.6. The van der Waals surface area contributed by atoms with Gasteiger partial charge in [-0.25, -0.2) is 9.50 Å². The minimum Gasteiger partial charge on any atom is -0.486 e. The Kier molecular flexibility index (Phi) is 4.79. The van der Waals surface area contributed by atoms with Crippen molar-refractivity contribution >= 4 is 18.0 Å². The number of rotatable bonds is 2. The Labute approximate surface area is 160 Å². The standard InChI is InChI=1S/C18H16N4O3.CH2O2/c23-18(21-7-2-8-21)16-17(22-15(20-16)3-1-6-19-22)12-4-5-13-14(11-12)25-10-9-24-13;2-1-3/h1,3-6,11H,2,7-10H2;1H,(H,2,3). The fourth-order valence-electron chi connectivity index (χ4n) is 3.16. The molecule has 4 heterocycles. The number of carbonyl (C=O) groups excluding carboxylic acids is 1. The average molecular weight is 382 g/mol. The number of carboxylic acid groups (broad SMARTS) is 1. The minimum atomic E-state index is -0.250. The number of fused-ring (bicyclic) bond motifs is 2. The maximum Gasteiger partial charge on any atom is 0.290 e. The summed E-state index contributed by atoms with van der Waals surface area (Å²) in [7, 11) is 0. The first-order chi connectivity index (χ1) is 13.7. The summed E-state index contributed by atoms with van der Waals surface area (Å²) >= 11 is 0. The van der Waals surface area contributed by atoms with Crippen LogP contribution in [-0.4, -0.2) is 63.3 Å². The van der Waals surface area contributed by atoms with Crippen LogP contribution in [0.15, 0.2) is 36.5 Å². The first-order valence-electron chi connectivity index (χ1n) is 8.84. The summed E-state index contributed by atoms with van der Waals surface area (Å²) in [5.41, 5.74) is 2.59. The molecule has 1 amide bonds. The van der Waals surface area contributed by atoms with Crippen LogP contribution < -0.4 is 9.47 Å². The Morgan fingerprint density at radius 3 is 2.61 bits per heavy atom. The Bertz CT molecular complexity index is 1030. The molecule has 144 valence electrons. The number of imidazole rings is 1. The lowest BCUT2D eigenvalue weighted by molar-refractivity contribution is -0.122. The molecule has 0 atom stereocenters. The molecule has 1 saturated heterocycles. The van der Waals surface area contributed by atoms with Crippen LogP contribution in [0.4, 0.5) is 0 Å². The topological polar surface area (TPSA) is 106 Å². The highest BCUT2D eigenvalue weighted by Crippen LogP contribution is 2.36. The van der Waals surface area contributed by atoms with E-state index in [1.54, 1.807) is 10.7 Å². The number of nitrogens with zero attached hydrogens (tertiary/aromatic N) is 4. The van der Waals surface area contributed by atoms with E-state index in [9.17, 15) is 4.79 Å². The maximum absolute atomic E-state index is 12.8. The number of aromatic nitrogens is 3. The first kappa shape index (κ1) is 17.8. The quantitative estimate of drug-likeness (QED) is 0.673. The molecule has 2 aromatic heterocycles. The van der Waals surface area contributed by atoms with E-state index in [0.29, 0.717) is 41.7 Å². The summed E-state index contributed by atoms with van der Waals surface area (Å²) in [5.74, 6) is 1.34. The van der Waals surface area contributed by atoms with Crippen molar-refractivity contribution in [2.24, 2.45) is 0 Å². The summed E-state index contributed by atoms with van der Waals surface area (Å²) in [5, 5.41) is 11.3. The third-order valence-electron chi connectivity index (χ3n) is 4.55. The Morgan fingerprint density at radius 2 is 1.89 bits per heavy atom. The van der Waals surface area contributed by atoms with Crippen molar-refractivity contribution in [3.8, 4) is 22.8 Å². The van der Waals surface area contributed by atoms with Crippen LogP contribution in [0.3, 0.4) is 0 Å². The van der Waals surface area contributed by atoms with E-state index in [4.69, 9.17) is 19.4 Å². The third-order valence-corrected chi connectivity index (χ3v) is 4.55. The summed E-state index contributed by atoms with van der Waals surface area (Å²) < 4.78 is 13.0. The number of likely N-dealkylation sites (tertiary alicyclic amines) is 1. The SMILES string of the molecule is O=C(c1nc2cccnn2c1-c1ccc2c(c1)OCCO2)N1CCC1.O=CO. The smallest absolute Gasteiger partial charge is 0.290 e. The predicted octanol–water partition coefficient (Wildman–Crippen LogP) is 1.71. The van der Waals surface area contributed by atoms with Crippen molar-refractivity contribution in [3.63, 3.8) is 0 Å². The Balaban J connectivity index is 0.000000604. The highest BCUT2D eigenvalue weighted by Gasteiger charge is 2.29. The Morgan fingerprint density at radius 1 is 1.14 bits per heavy atom. The highest BCUT2D eigenvalue weighted by molar-refractivity contribution is 5.99. The molecule has 0 spiro atoms. The lowest BCUT2D eigenvalue weighted by atomic mass is 10.1. The van der Waals surface area contributed by atoms with Gasteiger partial charge in [-0.3, -0.25) is 9.59 Å². The van der Waals surface area contributed by atoms with Crippen LogP contribution in [0.25, 0.3) is 16.9 Å². The molecule has 2 aliphatic heterocycles. The van der Waals surface area contributed by atoms with Crippen molar-refractivity contribution < 1.29 is 24.2 Å². The largest absolute Gasteiger partial charge is 0.486 e. The van der Waals surface area contributed by atoms with Gasteiger partial charge in [-0.1, -0.05) is 0 Å². The van der Waals surface area contributed by atoms with E-state index in [1.807, 2.05) is 35.2 Å². The van der Waals surface area contributed by atoms with Gasteiger partial charge in [0.15, 0.2) is 22.8 Å². The molecule has 0 bridgehead atoms. The number of amides is 1. The number of hydrogen-bond donors (Lipinski definition) is 1. The number of ether oxygens (including phenoxy) is 2. The van der Waals surface area contributed by atoms with Crippen LogP contribution in [0, 0.1) is 0 Å². The normalized spacial score (nSPS) is 14.6. The predicted molar refractivity (Wildman–Crippen MR) is 98.6 cm³/mol. The molecule has 9 nitrogen and oxygen atoms in total. The van der Waals surface area contributed by atoms with Gasteiger partial charge in [0.25, 0.3) is 12.4 Å². The molecular formula is C19H18N4O5. The van der Waals surface area contributed by atoms with E-state index in [2.05, 4.69) is 10.1 Å². The van der Waals surface area contributed by atoms with Crippen molar-refractivity contribution in [1.82, 2.24) is 19.5 Å². The van der Waals surface area contributed by atoms with Gasteiger partial charge >= 0.3 is 0 Å². The maximum atomic E-state index is 12.8. The minimum absolute atomic E-state index is 0.0540. The molecule has 1 N–H and O–H groups in total. The van der Waals surface area contributed by atoms with Crippen LogP contribution in [0.5, 0.6) is 11.5 Å². The second-order valence-corrected chi connectivity index (χ2v) is 6.21. The number of carbonyl (C=O) groups is 2. The van der Waals surface area contributed by atoms with E-state index >= 15 is 0 Å². The second-order valence-electron chi connectivity index (χ2n) is 6.21. The Hall–Kier alpha value is -3.62. The molecular weight excluding hydrogens is 364 g/mol. The van der Waals surface area contributed by atoms with Crippen molar-refractivity contribution in [1.29, 1.82) is 0 Å². The summed E-state index contributed by atoms with van der Waals surface area (Å²) in [6.07, 6.45) is 2.73. The van der Waals surface area contributed by atoms with Gasteiger partial charge in [0.05, 0.1) is 0 Å². The van der Waals surface area contributed by atoms with E-state index in [1.165, 1.54) is 0 Å². The van der Waals surface area contributed by atoms with Crippen molar-refractivity contribution in [2.45, 2.75) is 6.42 Å². The molecule has 0 aliphatic carbocycles. The zero-order valence-corrected chi connectivity index (χ0v) is 14.9. The van der Waals surface area contributed by atoms with Crippen LogP contribution in [0.1, 0.15) is 16.9 Å². The average Bonchev–Trinajstić information content (AvgIpc) is 3.06. The monoisotopic (exact) mass is 382 g/mol. The first-order valence-corrected chi connectivity index (χ1v) is 8.84. The molecule has 1 aromatic carbocycles. The summed E-state index contributed by atoms with van der Waals surface area (Å²) in [4.78, 5) is 27.6. The zero-order valence-electron chi connectivity index (χ0n) is 14.9. The van der Waals surface area contributed by atoms with Gasteiger partial charge in [0.2, 0.25) is 0 Å². The number of hydrogen-bond acceptors (Lipinski definition) is 6. The van der Waals surface area contributed by atoms with E-state index in [0.717, 1.165) is 25.1 Å². The third kappa shape index (κ3) is 3.11. The van der Waals surface area contributed by atoms with Crippen molar-refractivity contribution in [3.05, 3.63) is 42.2 Å². The lowest BCUT2D eigenvalue weighted by Gasteiger charge is -2.30. The van der Waals surface area contributed by atoms with Crippen LogP contribution >= 0.6 is 0 Å². The van der Waals surface area contributed by atoms with Gasteiger partial charge in [0.1, 0.15) is 18.9 Å². The summed E-state index contributed by atoms with van der Waals surface area (Å²) in [6, 6.07) is 9.33. The van der Waals surface area contributed by atoms with Crippen molar-refractivity contribution in [2.75, 3.05) is 26.3 Å². The number of benzene rings is 1. The van der Waals surface area contributed by atoms with Gasteiger partial charge in [-0.15, -0.1) is 0 Å². The molecule has 5 rings (SSSR count). The van der Waals surface area contributed by atoms with Crippen LogP contribution in [0.2, 0.25) is 0 Å². The van der Waals surface area contributed by atoms with Gasteiger partial charge in [-0.05, 0) is 36.8 Å². The lowest BCUT2D eigenvalue weighted by Crippen LogP contribution is -2.42. The van der Waals surface area contributed by atoms with Gasteiger partial charge in [-0.2, -0.15) is 5.10 Å². The molecule has 28 heavy (non-hydrogen) atoms. The van der Waals surface area contributed by atoms with Gasteiger partial charge in [0, 0.05) is 24.8 Å². The van der Waals surface area contributed by atoms with Gasteiger partial charge < -0.3 is 19.5 Å². The summed E-state index contributed by atoms with van der Waals surface area (Å²) in [6.45, 7) is 2.37. The fraction of sp³-hybridized carbons (Fsp3) is 0.263. The second kappa shape index (κ2) is 7.55. The molecule has 9 heteroatoms. The zero-order chi connectivity index (χ0) is 19.5. The molecule has 0 radical (unpaired) electrons. The molecule has 3 aromatic rings. The molecule has 1 fully saturated rings. The molecule has 2 aliphatic rings. The fourth-order valence-corrected chi connectivity index (χ4v) is 3.16. The van der Waals surface area contributed by atoms with Crippen LogP contribution in [-0.2, 0) is 4.79 Å². The molecule has 0 unspecified atom stereocenters. The van der Waals surface area contributed by atoms with E-state index < -0.39 is 0 Å².